The van der Waals surface area contributed by atoms with Crippen LogP contribution >= 0.6 is 11.8 Å². The Bertz CT molecular complexity index is 890. The third-order valence-electron chi connectivity index (χ3n) is 3.44. The lowest BCUT2D eigenvalue weighted by Crippen LogP contribution is -2.15. The second-order valence-electron chi connectivity index (χ2n) is 5.39. The number of ketones is 1. The van der Waals surface area contributed by atoms with Gasteiger partial charge in [0.2, 0.25) is 0 Å². The van der Waals surface area contributed by atoms with Crippen LogP contribution in [0, 0.1) is 25.2 Å². The van der Waals surface area contributed by atoms with Crippen LogP contribution in [0.1, 0.15) is 23.1 Å². The van der Waals surface area contributed by atoms with Crippen molar-refractivity contribution in [3.63, 3.8) is 0 Å². The van der Waals surface area contributed by atoms with E-state index in [-0.39, 0.29) is 11.5 Å². The molecule has 0 unspecified atom stereocenters. The van der Waals surface area contributed by atoms with Crippen LogP contribution in [0.5, 0.6) is 0 Å². The monoisotopic (exact) mass is 337 g/mol. The maximum Gasteiger partial charge on any atom is 0.188 e. The van der Waals surface area contributed by atoms with Crippen LogP contribution in [0.25, 0.3) is 11.0 Å². The van der Waals surface area contributed by atoms with Crippen molar-refractivity contribution >= 4 is 28.6 Å². The molecule has 24 heavy (non-hydrogen) atoms. The summed E-state index contributed by atoms with van der Waals surface area (Å²) in [6.07, 6.45) is 0. The molecule has 0 spiro atoms. The van der Waals surface area contributed by atoms with E-state index in [2.05, 4.69) is 19.9 Å². The van der Waals surface area contributed by atoms with Crippen molar-refractivity contribution in [2.24, 2.45) is 0 Å². The Balaban J connectivity index is 1.75. The summed E-state index contributed by atoms with van der Waals surface area (Å²) in [5.74, 6) is -0.635. The van der Waals surface area contributed by atoms with Crippen LogP contribution in [0.2, 0.25) is 0 Å². The van der Waals surface area contributed by atoms with Gasteiger partial charge in [-0.05, 0) is 32.0 Å². The molecule has 1 atom stereocenters. The van der Waals surface area contributed by atoms with Crippen molar-refractivity contribution in [3.8, 4) is 6.07 Å². The van der Waals surface area contributed by atoms with Gasteiger partial charge < -0.3 is 4.98 Å². The Labute approximate surface area is 143 Å². The topological polar surface area (TPSA) is 95.3 Å². The van der Waals surface area contributed by atoms with E-state index in [1.54, 1.807) is 0 Å². The fraction of sp³-hybridized carbons (Fsp3) is 0.235. The first-order valence-electron chi connectivity index (χ1n) is 7.39. The SMILES string of the molecule is Cc1cc(C)nc(SCC(=O)[C@H](C#N)c2nc3ccccc3[nH]2)n1. The molecule has 0 fully saturated rings. The number of nitrogens with zero attached hydrogens (tertiary/aromatic N) is 4. The maximum absolute atomic E-state index is 12.4. The quantitative estimate of drug-likeness (QED) is 0.568. The molecule has 3 rings (SSSR count). The molecule has 3 aromatic rings. The number of aromatic amines is 1. The number of carbonyl (C=O) groups is 1. The van der Waals surface area contributed by atoms with Crippen molar-refractivity contribution < 1.29 is 4.79 Å². The van der Waals surface area contributed by atoms with E-state index in [0.29, 0.717) is 11.0 Å². The molecular formula is C17H15N5OS. The van der Waals surface area contributed by atoms with Gasteiger partial charge in [-0.25, -0.2) is 15.0 Å². The molecule has 2 heterocycles. The van der Waals surface area contributed by atoms with Crippen LogP contribution in [0.15, 0.2) is 35.5 Å². The first-order chi connectivity index (χ1) is 11.6. The summed E-state index contributed by atoms with van der Waals surface area (Å²) in [5.41, 5.74) is 3.26. The van der Waals surface area contributed by atoms with Gasteiger partial charge in [-0.3, -0.25) is 4.79 Å². The average molecular weight is 337 g/mol. The molecule has 2 aromatic heterocycles. The summed E-state index contributed by atoms with van der Waals surface area (Å²) in [7, 11) is 0. The number of para-hydroxylation sites is 2. The van der Waals surface area contributed by atoms with Crippen LogP contribution < -0.4 is 0 Å². The molecule has 0 amide bonds. The van der Waals surface area contributed by atoms with Crippen LogP contribution in [0.4, 0.5) is 0 Å². The Morgan fingerprint density at radius 2 is 1.96 bits per heavy atom. The lowest BCUT2D eigenvalue weighted by atomic mass is 10.1. The van der Waals surface area contributed by atoms with Crippen molar-refractivity contribution in [3.05, 3.63) is 47.5 Å². The molecule has 0 aliphatic rings. The normalized spacial score (nSPS) is 12.0. The number of H-pyrrole nitrogens is 1. The highest BCUT2D eigenvalue weighted by atomic mass is 32.2. The Hall–Kier alpha value is -2.72. The molecule has 0 radical (unpaired) electrons. The van der Waals surface area contributed by atoms with E-state index >= 15 is 0 Å². The van der Waals surface area contributed by atoms with Crippen LogP contribution in [-0.4, -0.2) is 31.5 Å². The number of benzene rings is 1. The highest BCUT2D eigenvalue weighted by Gasteiger charge is 2.24. The van der Waals surface area contributed by atoms with Gasteiger partial charge in [-0.15, -0.1) is 0 Å². The number of Topliss-reactive ketones (excluding diaryl/α,β-unsaturated/α-hetero) is 1. The Morgan fingerprint density at radius 1 is 1.25 bits per heavy atom. The summed E-state index contributed by atoms with van der Waals surface area (Å²) in [6, 6.07) is 11.4. The highest BCUT2D eigenvalue weighted by Crippen LogP contribution is 2.22. The van der Waals surface area contributed by atoms with Crippen molar-refractivity contribution in [1.29, 1.82) is 5.26 Å². The predicted octanol–water partition coefficient (Wildman–Crippen LogP) is 2.94. The number of hydrogen-bond donors (Lipinski definition) is 1. The van der Waals surface area contributed by atoms with Crippen LogP contribution in [-0.2, 0) is 4.79 Å². The molecule has 7 heteroatoms. The Kier molecular flexibility index (Phi) is 4.58. The number of rotatable bonds is 5. The zero-order valence-corrected chi connectivity index (χ0v) is 14.1. The molecule has 1 N–H and O–H groups in total. The highest BCUT2D eigenvalue weighted by molar-refractivity contribution is 7.99. The maximum atomic E-state index is 12.4. The van der Waals surface area contributed by atoms with Gasteiger partial charge >= 0.3 is 0 Å². The minimum atomic E-state index is -0.921. The number of imidazole rings is 1. The molecule has 0 aliphatic carbocycles. The fourth-order valence-electron chi connectivity index (χ4n) is 2.37. The van der Waals surface area contributed by atoms with Gasteiger partial charge in [0.15, 0.2) is 16.9 Å². The number of nitriles is 1. The number of nitrogens with one attached hydrogen (secondary N) is 1. The molecular weight excluding hydrogens is 322 g/mol. The number of aryl methyl sites for hydroxylation is 2. The zero-order chi connectivity index (χ0) is 17.1. The first kappa shape index (κ1) is 16.1. The van der Waals surface area contributed by atoms with Gasteiger partial charge in [-0.2, -0.15) is 5.26 Å². The van der Waals surface area contributed by atoms with Gasteiger partial charge in [0.25, 0.3) is 0 Å². The second-order valence-corrected chi connectivity index (χ2v) is 6.33. The third kappa shape index (κ3) is 3.44. The van der Waals surface area contributed by atoms with Crippen molar-refractivity contribution in [2.75, 3.05) is 5.75 Å². The van der Waals surface area contributed by atoms with Gasteiger partial charge in [0.05, 0.1) is 22.9 Å². The lowest BCUT2D eigenvalue weighted by molar-refractivity contribution is -0.117. The van der Waals surface area contributed by atoms with Gasteiger partial charge in [0, 0.05) is 11.4 Å². The number of thioether (sulfide) groups is 1. The third-order valence-corrected chi connectivity index (χ3v) is 4.31. The van der Waals surface area contributed by atoms with Crippen molar-refractivity contribution in [1.82, 2.24) is 19.9 Å². The summed E-state index contributed by atoms with van der Waals surface area (Å²) in [4.78, 5) is 28.4. The zero-order valence-electron chi connectivity index (χ0n) is 13.3. The minimum Gasteiger partial charge on any atom is -0.340 e. The molecule has 0 saturated carbocycles. The van der Waals surface area contributed by atoms with E-state index in [1.807, 2.05) is 50.2 Å². The summed E-state index contributed by atoms with van der Waals surface area (Å²) in [6.45, 7) is 3.76. The van der Waals surface area contributed by atoms with Crippen LogP contribution in [0.3, 0.4) is 0 Å². The molecule has 0 aliphatic heterocycles. The number of fused-ring (bicyclic) bond motifs is 1. The van der Waals surface area contributed by atoms with E-state index in [4.69, 9.17) is 0 Å². The number of hydrogen-bond acceptors (Lipinski definition) is 6. The van der Waals surface area contributed by atoms with Gasteiger partial charge in [-0.1, -0.05) is 23.9 Å². The lowest BCUT2D eigenvalue weighted by Gasteiger charge is -2.05. The summed E-state index contributed by atoms with van der Waals surface area (Å²) < 4.78 is 0. The smallest absolute Gasteiger partial charge is 0.188 e. The molecule has 0 bridgehead atoms. The van der Waals surface area contributed by atoms with Crippen molar-refractivity contribution in [2.45, 2.75) is 24.9 Å². The molecule has 1 aromatic carbocycles. The summed E-state index contributed by atoms with van der Waals surface area (Å²) >= 11 is 1.24. The predicted molar refractivity (Wildman–Crippen MR) is 91.7 cm³/mol. The largest absolute Gasteiger partial charge is 0.340 e. The van der Waals surface area contributed by atoms with E-state index in [9.17, 15) is 10.1 Å². The van der Waals surface area contributed by atoms with E-state index in [0.717, 1.165) is 22.4 Å². The average Bonchev–Trinajstić information content (AvgIpc) is 2.96. The number of carbonyl (C=O) groups excluding carboxylic acids is 1. The molecule has 0 saturated heterocycles. The first-order valence-corrected chi connectivity index (χ1v) is 8.37. The molecule has 120 valence electrons. The molecule has 6 nitrogen and oxygen atoms in total. The Morgan fingerprint density at radius 3 is 2.62 bits per heavy atom. The van der Waals surface area contributed by atoms with E-state index < -0.39 is 5.92 Å². The fourth-order valence-corrected chi connectivity index (χ4v) is 3.23. The standard InChI is InChI=1S/C17H15N5OS/c1-10-7-11(2)20-17(19-10)24-9-15(23)12(8-18)16-21-13-5-3-4-6-14(13)22-16/h3-7,12H,9H2,1-2H3,(H,21,22)/t12-/m0/s1. The number of aromatic nitrogens is 4. The van der Waals surface area contributed by atoms with Gasteiger partial charge in [0.1, 0.15) is 5.82 Å². The van der Waals surface area contributed by atoms with E-state index in [1.165, 1.54) is 11.8 Å². The summed E-state index contributed by atoms with van der Waals surface area (Å²) in [5, 5.41) is 9.93. The minimum absolute atomic E-state index is 0.123. The second kappa shape index (κ2) is 6.81.